The van der Waals surface area contributed by atoms with Crippen LogP contribution in [-0.2, 0) is 43.2 Å². The van der Waals surface area contributed by atoms with Gasteiger partial charge in [0.15, 0.2) is 0 Å². The van der Waals surface area contributed by atoms with Gasteiger partial charge in [0.25, 0.3) is 0 Å². The predicted octanol–water partition coefficient (Wildman–Crippen LogP) is -0.829. The number of nitrogens with two attached hydrogens (primary N) is 1. The van der Waals surface area contributed by atoms with Gasteiger partial charge in [0.05, 0.1) is 19.2 Å². The van der Waals surface area contributed by atoms with E-state index in [1.165, 1.54) is 6.92 Å². The minimum Gasteiger partial charge on any atom is -0.480 e. The minimum atomic E-state index is -1.55. The molecule has 0 unspecified atom stereocenters. The highest BCUT2D eigenvalue weighted by molar-refractivity contribution is 5.97. The number of rotatable bonds is 28. The van der Waals surface area contributed by atoms with E-state index in [-0.39, 0.29) is 24.7 Å². The molecule has 20 nitrogen and oxygen atoms in total. The number of amides is 8. The van der Waals surface area contributed by atoms with Crippen LogP contribution in [0.25, 0.3) is 0 Å². The van der Waals surface area contributed by atoms with E-state index in [2.05, 4.69) is 42.5 Å². The summed E-state index contributed by atoms with van der Waals surface area (Å²) in [5, 5.41) is 40.1. The van der Waals surface area contributed by atoms with Gasteiger partial charge in [-0.1, -0.05) is 82.1 Å². The van der Waals surface area contributed by atoms with Crippen LogP contribution in [0.1, 0.15) is 115 Å². The molecule has 8 amide bonds. The standard InChI is InChI=1S/C41H75N9O11/c1-13-23(9)33(47-30(53)18-43-36(55)27(15-20(3)4)45-29(52)17-25(11)42)38(57)44-19-31(54)48-34(24(10)14-2)39(58)46-28(16-21(5)6)37(56)50-35(26(12)51)40(59)49-32(22(7)8)41(60)61/h20-28,32-35,51H,13-19,42H2,1-12H3,(H,43,55)(H,44,57)(H,45,52)(H,46,58)(H,47,53)(H,48,54)(H,49,59)(H,50,56)(H,60,61)/t23-,24-,25-,26+,27-,28-,32-,33-,34-,35-/m0/s1. The third-order valence-electron chi connectivity index (χ3n) is 9.97. The van der Waals surface area contributed by atoms with Crippen molar-refractivity contribution in [3.8, 4) is 0 Å². The highest BCUT2D eigenvalue weighted by atomic mass is 16.4. The van der Waals surface area contributed by atoms with Crippen LogP contribution < -0.4 is 48.3 Å². The number of carboxylic acid groups (broad SMARTS) is 1. The van der Waals surface area contributed by atoms with Crippen LogP contribution >= 0.6 is 0 Å². The lowest BCUT2D eigenvalue weighted by Crippen LogP contribution is -2.61. The first kappa shape index (κ1) is 56.1. The Morgan fingerprint density at radius 3 is 1.30 bits per heavy atom. The Hall–Kier alpha value is -4.85. The lowest BCUT2D eigenvalue weighted by molar-refractivity contribution is -0.144. The monoisotopic (exact) mass is 870 g/mol. The fourth-order valence-electron chi connectivity index (χ4n) is 6.05. The van der Waals surface area contributed by atoms with Crippen LogP contribution in [-0.4, -0.2) is 125 Å². The predicted molar refractivity (Wildman–Crippen MR) is 228 cm³/mol. The van der Waals surface area contributed by atoms with Crippen LogP contribution in [0.15, 0.2) is 0 Å². The number of aliphatic hydroxyl groups excluding tert-OH is 1. The molecule has 0 spiro atoms. The topological polar surface area (TPSA) is 316 Å². The molecule has 0 aromatic carbocycles. The molecular weight excluding hydrogens is 795 g/mol. The van der Waals surface area contributed by atoms with Gasteiger partial charge in [-0.05, 0) is 56.3 Å². The Morgan fingerprint density at radius 1 is 0.492 bits per heavy atom. The van der Waals surface area contributed by atoms with Crippen LogP contribution in [0.4, 0.5) is 0 Å². The molecule has 0 aromatic rings. The fourth-order valence-corrected chi connectivity index (χ4v) is 6.05. The van der Waals surface area contributed by atoms with Gasteiger partial charge in [-0.2, -0.15) is 0 Å². The average Bonchev–Trinajstić information content (AvgIpc) is 3.15. The number of carboxylic acids is 1. The summed E-state index contributed by atoms with van der Waals surface area (Å²) in [6.07, 6.45) is -0.121. The third kappa shape index (κ3) is 21.5. The van der Waals surface area contributed by atoms with Crippen molar-refractivity contribution in [2.45, 2.75) is 164 Å². The Morgan fingerprint density at radius 2 is 0.902 bits per heavy atom. The van der Waals surface area contributed by atoms with Gasteiger partial charge in [0, 0.05) is 12.5 Å². The van der Waals surface area contributed by atoms with Crippen LogP contribution in [0.5, 0.6) is 0 Å². The fraction of sp³-hybridized carbons (Fsp3) is 0.780. The molecule has 0 rings (SSSR count). The number of nitrogens with one attached hydrogen (secondary N) is 8. The van der Waals surface area contributed by atoms with Crippen molar-refractivity contribution < 1.29 is 53.4 Å². The molecule has 0 fully saturated rings. The third-order valence-corrected chi connectivity index (χ3v) is 9.97. The summed E-state index contributed by atoms with van der Waals surface area (Å²) in [6.45, 7) is 19.4. The van der Waals surface area contributed by atoms with Gasteiger partial charge in [0.1, 0.15) is 36.3 Å². The van der Waals surface area contributed by atoms with E-state index >= 15 is 0 Å². The van der Waals surface area contributed by atoms with Crippen molar-refractivity contribution in [3.63, 3.8) is 0 Å². The molecular formula is C41H75N9O11. The smallest absolute Gasteiger partial charge is 0.326 e. The van der Waals surface area contributed by atoms with Gasteiger partial charge < -0.3 is 58.5 Å². The van der Waals surface area contributed by atoms with E-state index in [1.807, 2.05) is 13.8 Å². The number of hydrogen-bond acceptors (Lipinski definition) is 11. The van der Waals surface area contributed by atoms with Gasteiger partial charge in [-0.3, -0.25) is 38.4 Å². The number of carbonyl (C=O) groups is 9. The van der Waals surface area contributed by atoms with E-state index in [1.54, 1.807) is 62.3 Å². The van der Waals surface area contributed by atoms with E-state index in [0.717, 1.165) is 0 Å². The molecule has 0 radical (unpaired) electrons. The van der Waals surface area contributed by atoms with E-state index < -0.39 is 132 Å². The van der Waals surface area contributed by atoms with Crippen LogP contribution in [0.2, 0.25) is 0 Å². The Bertz CT molecular complexity index is 1490. The molecule has 12 N–H and O–H groups in total. The number of aliphatic carboxylic acids is 1. The maximum atomic E-state index is 13.7. The molecule has 10 atom stereocenters. The zero-order valence-corrected chi connectivity index (χ0v) is 38.1. The van der Waals surface area contributed by atoms with Crippen molar-refractivity contribution in [1.82, 2.24) is 42.5 Å². The molecule has 0 bridgehead atoms. The van der Waals surface area contributed by atoms with Gasteiger partial charge in [-0.15, -0.1) is 0 Å². The first-order valence-electron chi connectivity index (χ1n) is 21.3. The summed E-state index contributed by atoms with van der Waals surface area (Å²) in [4.78, 5) is 117. The van der Waals surface area contributed by atoms with Crippen molar-refractivity contribution in [2.75, 3.05) is 13.1 Å². The summed E-state index contributed by atoms with van der Waals surface area (Å²) >= 11 is 0. The van der Waals surface area contributed by atoms with E-state index in [0.29, 0.717) is 19.3 Å². The zero-order valence-electron chi connectivity index (χ0n) is 38.1. The quantitative estimate of drug-likeness (QED) is 0.0459. The van der Waals surface area contributed by atoms with Crippen molar-refractivity contribution >= 4 is 53.2 Å². The highest BCUT2D eigenvalue weighted by Gasteiger charge is 2.35. The Kier molecular flexibility index (Phi) is 25.7. The molecule has 0 aliphatic rings. The maximum Gasteiger partial charge on any atom is 0.326 e. The Labute approximate surface area is 360 Å². The van der Waals surface area contributed by atoms with Crippen LogP contribution in [0.3, 0.4) is 0 Å². The summed E-state index contributed by atoms with van der Waals surface area (Å²) in [6, 6.07) is -7.66. The molecule has 0 aliphatic carbocycles. The van der Waals surface area contributed by atoms with Gasteiger partial charge >= 0.3 is 5.97 Å². The summed E-state index contributed by atoms with van der Waals surface area (Å²) < 4.78 is 0. The number of carbonyl (C=O) groups excluding carboxylic acids is 8. The molecule has 0 heterocycles. The average molecular weight is 870 g/mol. The second-order valence-corrected chi connectivity index (χ2v) is 17.2. The van der Waals surface area contributed by atoms with Crippen molar-refractivity contribution in [1.29, 1.82) is 0 Å². The summed E-state index contributed by atoms with van der Waals surface area (Å²) in [5.41, 5.74) is 5.70. The van der Waals surface area contributed by atoms with Crippen LogP contribution in [0, 0.1) is 29.6 Å². The van der Waals surface area contributed by atoms with E-state index in [4.69, 9.17) is 5.73 Å². The maximum absolute atomic E-state index is 13.7. The molecule has 0 saturated carbocycles. The minimum absolute atomic E-state index is 0.0162. The molecule has 20 heteroatoms. The van der Waals surface area contributed by atoms with Gasteiger partial charge in [-0.25, -0.2) is 4.79 Å². The second kappa shape index (κ2) is 27.9. The summed E-state index contributed by atoms with van der Waals surface area (Å²) in [7, 11) is 0. The SMILES string of the molecule is CC[C@H](C)[C@H](NC(=O)CNC(=O)[C@H](CC(C)C)NC(=O)C[C@H](C)N)C(=O)NCC(=O)N[C@H](C(=O)N[C@@H](CC(C)C)C(=O)N[C@H](C(=O)N[C@H](C(=O)O)C(C)C)[C@@H](C)O)[C@@H](C)CC. The van der Waals surface area contributed by atoms with E-state index in [9.17, 15) is 53.4 Å². The largest absolute Gasteiger partial charge is 0.480 e. The normalized spacial score (nSPS) is 16.3. The number of hydrogen-bond donors (Lipinski definition) is 11. The lowest BCUT2D eigenvalue weighted by atomic mass is 9.96. The first-order valence-corrected chi connectivity index (χ1v) is 21.3. The van der Waals surface area contributed by atoms with Crippen molar-refractivity contribution in [2.24, 2.45) is 35.3 Å². The lowest BCUT2D eigenvalue weighted by Gasteiger charge is -2.29. The molecule has 61 heavy (non-hydrogen) atoms. The Balaban J connectivity index is 5.83. The second-order valence-electron chi connectivity index (χ2n) is 17.2. The molecule has 0 saturated heterocycles. The van der Waals surface area contributed by atoms with Crippen molar-refractivity contribution in [3.05, 3.63) is 0 Å². The number of aliphatic hydroxyl groups is 1. The first-order chi connectivity index (χ1) is 28.2. The molecule has 350 valence electrons. The summed E-state index contributed by atoms with van der Waals surface area (Å²) in [5.74, 6) is -8.34. The van der Waals surface area contributed by atoms with Gasteiger partial charge in [0.2, 0.25) is 47.3 Å². The highest BCUT2D eigenvalue weighted by Crippen LogP contribution is 2.13. The molecule has 0 aliphatic heterocycles. The zero-order chi connectivity index (χ0) is 47.3. The molecule has 0 aromatic heterocycles.